The van der Waals surface area contributed by atoms with Crippen molar-refractivity contribution in [2.24, 2.45) is 11.7 Å². The molecule has 0 saturated carbocycles. The fourth-order valence-corrected chi connectivity index (χ4v) is 2.92. The van der Waals surface area contributed by atoms with Gasteiger partial charge in [-0.3, -0.25) is 4.79 Å². The lowest BCUT2D eigenvalue weighted by Crippen LogP contribution is -2.51. The number of amides is 1. The number of carbonyl (C=O) groups excluding carboxylic acids is 1. The summed E-state index contributed by atoms with van der Waals surface area (Å²) in [6.45, 7) is 3.56. The third-order valence-corrected chi connectivity index (χ3v) is 4.20. The molecule has 0 radical (unpaired) electrons. The number of hydrogen-bond donors (Lipinski definition) is 1. The molecular weight excluding hydrogens is 295 g/mol. The average Bonchev–Trinajstić information content (AvgIpc) is 2.41. The maximum atomic E-state index is 12.4. The highest BCUT2D eigenvalue weighted by Crippen LogP contribution is 2.23. The van der Waals surface area contributed by atoms with Gasteiger partial charge in [-0.05, 0) is 36.5 Å². The summed E-state index contributed by atoms with van der Waals surface area (Å²) in [6, 6.07) is 7.65. The predicted molar refractivity (Wildman–Crippen MR) is 85.4 cm³/mol. The molecule has 1 aromatic carbocycles. The molecule has 0 aliphatic carbocycles. The molecule has 3 nitrogen and oxygen atoms in total. The van der Waals surface area contributed by atoms with E-state index >= 15 is 0 Å². The lowest BCUT2D eigenvalue weighted by atomic mass is 9.90. The van der Waals surface area contributed by atoms with Crippen molar-refractivity contribution in [3.8, 4) is 0 Å². The topological polar surface area (TPSA) is 46.3 Å². The van der Waals surface area contributed by atoms with Gasteiger partial charge < -0.3 is 10.6 Å². The monoisotopic (exact) mass is 316 g/mol. The van der Waals surface area contributed by atoms with Crippen molar-refractivity contribution in [1.29, 1.82) is 0 Å². The largest absolute Gasteiger partial charge is 0.338 e. The molecule has 2 rings (SSSR count). The van der Waals surface area contributed by atoms with Crippen LogP contribution in [0.3, 0.4) is 0 Å². The number of nitrogens with zero attached hydrogens (tertiary/aromatic N) is 1. The van der Waals surface area contributed by atoms with E-state index < -0.39 is 0 Å². The molecular formula is C15H22Cl2N2O. The Kier molecular flexibility index (Phi) is 6.80. The molecule has 1 aliphatic heterocycles. The maximum Gasteiger partial charge on any atom is 0.227 e. The Morgan fingerprint density at radius 3 is 2.65 bits per heavy atom. The number of carbonyl (C=O) groups is 1. The Hall–Kier alpha value is -0.770. The summed E-state index contributed by atoms with van der Waals surface area (Å²) >= 11 is 5.85. The van der Waals surface area contributed by atoms with Gasteiger partial charge in [0.1, 0.15) is 0 Å². The number of likely N-dealkylation sites (tertiary alicyclic amines) is 1. The van der Waals surface area contributed by atoms with E-state index in [1.807, 2.05) is 29.2 Å². The second kappa shape index (κ2) is 7.87. The normalized spacial score (nSPS) is 22.2. The lowest BCUT2D eigenvalue weighted by molar-refractivity contribution is -0.135. The Balaban J connectivity index is 0.00000200. The first-order valence-electron chi connectivity index (χ1n) is 6.86. The third-order valence-electron chi connectivity index (χ3n) is 3.95. The zero-order chi connectivity index (χ0) is 13.8. The molecule has 2 atom stereocenters. The highest BCUT2D eigenvalue weighted by molar-refractivity contribution is 6.30. The first kappa shape index (κ1) is 17.3. The van der Waals surface area contributed by atoms with E-state index in [9.17, 15) is 4.79 Å². The molecule has 0 spiro atoms. The molecule has 2 unspecified atom stereocenters. The number of halogens is 2. The number of rotatable bonds is 3. The minimum absolute atomic E-state index is 0. The van der Waals surface area contributed by atoms with E-state index in [1.165, 1.54) is 0 Å². The van der Waals surface area contributed by atoms with Gasteiger partial charge in [0.25, 0.3) is 0 Å². The van der Waals surface area contributed by atoms with Crippen molar-refractivity contribution in [3.05, 3.63) is 34.9 Å². The second-order valence-electron chi connectivity index (χ2n) is 5.31. The van der Waals surface area contributed by atoms with Crippen LogP contribution in [-0.4, -0.2) is 29.9 Å². The highest BCUT2D eigenvalue weighted by atomic mass is 35.5. The molecule has 0 aromatic heterocycles. The Bertz CT molecular complexity index is 436. The van der Waals surface area contributed by atoms with E-state index in [4.69, 9.17) is 17.3 Å². The zero-order valence-corrected chi connectivity index (χ0v) is 13.3. The lowest BCUT2D eigenvalue weighted by Gasteiger charge is -2.39. The van der Waals surface area contributed by atoms with Crippen molar-refractivity contribution in [1.82, 2.24) is 4.90 Å². The molecule has 5 heteroatoms. The van der Waals surface area contributed by atoms with Crippen LogP contribution in [0.2, 0.25) is 5.02 Å². The van der Waals surface area contributed by atoms with Crippen LogP contribution in [-0.2, 0) is 11.2 Å². The average molecular weight is 317 g/mol. The summed E-state index contributed by atoms with van der Waals surface area (Å²) in [4.78, 5) is 14.4. The van der Waals surface area contributed by atoms with Crippen molar-refractivity contribution >= 4 is 29.9 Å². The zero-order valence-electron chi connectivity index (χ0n) is 11.7. The van der Waals surface area contributed by atoms with Crippen LogP contribution in [0.4, 0.5) is 0 Å². The van der Waals surface area contributed by atoms with Crippen LogP contribution >= 0.6 is 24.0 Å². The van der Waals surface area contributed by atoms with Crippen molar-refractivity contribution in [2.75, 3.05) is 13.1 Å². The van der Waals surface area contributed by atoms with Crippen molar-refractivity contribution in [2.45, 2.75) is 32.2 Å². The number of benzene rings is 1. The summed E-state index contributed by atoms with van der Waals surface area (Å²) in [6.07, 6.45) is 2.66. The standard InChI is InChI=1S/C15H21ClN2O.ClH/c1-11-3-2-8-18(14(11)10-17)15(19)9-12-4-6-13(16)7-5-12;/h4-7,11,14H,2-3,8-10,17H2,1H3;1H. The molecule has 20 heavy (non-hydrogen) atoms. The molecule has 1 amide bonds. The van der Waals surface area contributed by atoms with Crippen LogP contribution in [0.25, 0.3) is 0 Å². The van der Waals surface area contributed by atoms with Gasteiger partial charge in [0, 0.05) is 24.2 Å². The van der Waals surface area contributed by atoms with Crippen LogP contribution in [0.15, 0.2) is 24.3 Å². The van der Waals surface area contributed by atoms with Crippen molar-refractivity contribution < 1.29 is 4.79 Å². The third kappa shape index (κ3) is 4.11. The maximum absolute atomic E-state index is 12.4. The first-order chi connectivity index (χ1) is 9.11. The van der Waals surface area contributed by atoms with Gasteiger partial charge in [-0.15, -0.1) is 12.4 Å². The fourth-order valence-electron chi connectivity index (χ4n) is 2.80. The van der Waals surface area contributed by atoms with Crippen molar-refractivity contribution in [3.63, 3.8) is 0 Å². The van der Waals surface area contributed by atoms with E-state index in [2.05, 4.69) is 6.92 Å². The van der Waals surface area contributed by atoms with Gasteiger partial charge in [0.2, 0.25) is 5.91 Å². The summed E-state index contributed by atoms with van der Waals surface area (Å²) in [5, 5.41) is 0.697. The molecule has 0 bridgehead atoms. The molecule has 2 N–H and O–H groups in total. The van der Waals surface area contributed by atoms with Crippen LogP contribution in [0.1, 0.15) is 25.3 Å². The Morgan fingerprint density at radius 2 is 2.05 bits per heavy atom. The fraction of sp³-hybridized carbons (Fsp3) is 0.533. The summed E-state index contributed by atoms with van der Waals surface area (Å²) < 4.78 is 0. The van der Waals surface area contributed by atoms with Gasteiger partial charge in [0.15, 0.2) is 0 Å². The van der Waals surface area contributed by atoms with Gasteiger partial charge in [0.05, 0.1) is 6.42 Å². The smallest absolute Gasteiger partial charge is 0.227 e. The molecule has 1 saturated heterocycles. The second-order valence-corrected chi connectivity index (χ2v) is 5.75. The van der Waals surface area contributed by atoms with Crippen LogP contribution in [0, 0.1) is 5.92 Å². The van der Waals surface area contributed by atoms with Gasteiger partial charge in [-0.1, -0.05) is 30.7 Å². The first-order valence-corrected chi connectivity index (χ1v) is 7.23. The highest BCUT2D eigenvalue weighted by Gasteiger charge is 2.30. The Labute approximate surface area is 131 Å². The predicted octanol–water partition coefficient (Wildman–Crippen LogP) is 2.89. The Morgan fingerprint density at radius 1 is 1.40 bits per heavy atom. The van der Waals surface area contributed by atoms with Gasteiger partial charge in [-0.25, -0.2) is 0 Å². The van der Waals surface area contributed by atoms with E-state index in [1.54, 1.807) is 0 Å². The number of hydrogen-bond acceptors (Lipinski definition) is 2. The summed E-state index contributed by atoms with van der Waals surface area (Å²) in [5.74, 6) is 0.664. The summed E-state index contributed by atoms with van der Waals surface area (Å²) in [5.41, 5.74) is 6.83. The quantitative estimate of drug-likeness (QED) is 0.932. The summed E-state index contributed by atoms with van der Waals surface area (Å²) in [7, 11) is 0. The van der Waals surface area contributed by atoms with E-state index in [0.29, 0.717) is 23.9 Å². The number of piperidine rings is 1. The van der Waals surface area contributed by atoms with E-state index in [-0.39, 0.29) is 24.4 Å². The van der Waals surface area contributed by atoms with Crippen LogP contribution in [0.5, 0.6) is 0 Å². The molecule has 112 valence electrons. The molecule has 1 fully saturated rings. The molecule has 1 aliphatic rings. The van der Waals surface area contributed by atoms with Crippen LogP contribution < -0.4 is 5.73 Å². The SMILES string of the molecule is CC1CCCN(C(=O)Cc2ccc(Cl)cc2)C1CN.Cl. The molecule has 1 heterocycles. The molecule has 1 aromatic rings. The van der Waals surface area contributed by atoms with E-state index in [0.717, 1.165) is 24.9 Å². The van der Waals surface area contributed by atoms with Gasteiger partial charge >= 0.3 is 0 Å². The number of nitrogens with two attached hydrogens (primary N) is 1. The minimum atomic E-state index is 0. The minimum Gasteiger partial charge on any atom is -0.338 e. The van der Waals surface area contributed by atoms with Gasteiger partial charge in [-0.2, -0.15) is 0 Å².